The Labute approximate surface area is 128 Å². The molecular weight excluding hydrogens is 282 g/mol. The van der Waals surface area contributed by atoms with Crippen molar-refractivity contribution < 1.29 is 10.4 Å². The molecule has 0 aliphatic carbocycles. The van der Waals surface area contributed by atoms with Gasteiger partial charge < -0.3 is 5.73 Å². The van der Waals surface area contributed by atoms with Gasteiger partial charge in [-0.25, -0.2) is 15.4 Å². The van der Waals surface area contributed by atoms with E-state index in [-0.39, 0.29) is 11.3 Å². The summed E-state index contributed by atoms with van der Waals surface area (Å²) < 4.78 is 0. The Kier molecular flexibility index (Phi) is 5.47. The summed E-state index contributed by atoms with van der Waals surface area (Å²) in [7, 11) is 0. The minimum absolute atomic E-state index is 0.152. The van der Waals surface area contributed by atoms with E-state index >= 15 is 0 Å². The quantitative estimate of drug-likeness (QED) is 0.444. The predicted octanol–water partition coefficient (Wildman–Crippen LogP) is 1.83. The van der Waals surface area contributed by atoms with E-state index in [1.165, 1.54) is 5.01 Å². The minimum Gasteiger partial charge on any atom is -0.367 e. The molecule has 22 heavy (non-hydrogen) atoms. The van der Waals surface area contributed by atoms with Gasteiger partial charge in [-0.2, -0.15) is 5.10 Å². The lowest BCUT2D eigenvalue weighted by Gasteiger charge is -2.18. The number of nitrogens with two attached hydrogens (primary N) is 1. The van der Waals surface area contributed by atoms with Gasteiger partial charge in [0.1, 0.15) is 0 Å². The van der Waals surface area contributed by atoms with Crippen molar-refractivity contribution in [3.05, 3.63) is 71.8 Å². The molecule has 0 radical (unpaired) electrons. The second kappa shape index (κ2) is 7.77. The molecule has 4 N–H and O–H groups in total. The van der Waals surface area contributed by atoms with E-state index in [0.717, 1.165) is 11.1 Å². The molecule has 2 aromatic carbocycles. The molecule has 0 aliphatic heterocycles. The lowest BCUT2D eigenvalue weighted by Crippen LogP contribution is -2.34. The summed E-state index contributed by atoms with van der Waals surface area (Å²) >= 11 is 0. The van der Waals surface area contributed by atoms with Gasteiger partial charge in [0.05, 0.1) is 12.8 Å². The Bertz CT molecular complexity index is 629. The van der Waals surface area contributed by atoms with E-state index in [2.05, 4.69) is 10.2 Å². The Hall–Kier alpha value is -2.90. The zero-order valence-corrected chi connectivity index (χ0v) is 11.8. The van der Waals surface area contributed by atoms with Crippen LogP contribution in [-0.2, 0) is 6.54 Å². The van der Waals surface area contributed by atoms with Crippen LogP contribution in [-0.4, -0.2) is 32.9 Å². The molecule has 7 nitrogen and oxygen atoms in total. The second-order valence-corrected chi connectivity index (χ2v) is 4.43. The van der Waals surface area contributed by atoms with Gasteiger partial charge in [0.2, 0.25) is 5.96 Å². The molecule has 0 unspecified atom stereocenters. The summed E-state index contributed by atoms with van der Waals surface area (Å²) in [5, 5.41) is 26.1. The first-order valence-electron chi connectivity index (χ1n) is 6.57. The highest BCUT2D eigenvalue weighted by Crippen LogP contribution is 2.05. The largest absolute Gasteiger partial charge is 0.367 e. The fraction of sp³-hybridized carbons (Fsp3) is 0.0667. The standard InChI is InChI=1S/C15H17N5O2/c16-15(18-20(21)22)19(12-14-9-5-2-6-10-14)17-11-13-7-3-1-4-8-13/h1-11,21-22H,12H2,(H2,16,18). The van der Waals surface area contributed by atoms with Gasteiger partial charge in [-0.15, -0.1) is 0 Å². The van der Waals surface area contributed by atoms with Crippen molar-refractivity contribution in [3.63, 3.8) is 0 Å². The van der Waals surface area contributed by atoms with Crippen LogP contribution in [0.1, 0.15) is 11.1 Å². The Morgan fingerprint density at radius 2 is 1.59 bits per heavy atom. The van der Waals surface area contributed by atoms with Crippen LogP contribution in [0.3, 0.4) is 0 Å². The van der Waals surface area contributed by atoms with Crippen molar-refractivity contribution in [2.24, 2.45) is 15.9 Å². The maximum Gasteiger partial charge on any atom is 0.239 e. The zero-order chi connectivity index (χ0) is 15.8. The molecule has 7 heteroatoms. The third kappa shape index (κ3) is 4.89. The van der Waals surface area contributed by atoms with Gasteiger partial charge in [-0.3, -0.25) is 0 Å². The maximum absolute atomic E-state index is 8.77. The summed E-state index contributed by atoms with van der Waals surface area (Å²) in [4.78, 5) is 0. The zero-order valence-electron chi connectivity index (χ0n) is 11.8. The molecule has 114 valence electrons. The van der Waals surface area contributed by atoms with Crippen molar-refractivity contribution in [1.29, 1.82) is 0 Å². The van der Waals surface area contributed by atoms with E-state index in [4.69, 9.17) is 16.1 Å². The van der Waals surface area contributed by atoms with Gasteiger partial charge in [0.15, 0.2) is 0 Å². The van der Waals surface area contributed by atoms with Gasteiger partial charge in [-0.05, 0) is 16.5 Å². The van der Waals surface area contributed by atoms with E-state index in [9.17, 15) is 0 Å². The van der Waals surface area contributed by atoms with Gasteiger partial charge in [0, 0.05) is 0 Å². The van der Waals surface area contributed by atoms with Crippen LogP contribution in [0, 0.1) is 0 Å². The predicted molar refractivity (Wildman–Crippen MR) is 83.1 cm³/mol. The Balaban J connectivity index is 2.19. The molecule has 0 atom stereocenters. The molecule has 0 saturated heterocycles. The number of hydrogen-bond donors (Lipinski definition) is 3. The number of benzene rings is 2. The molecule has 0 amide bonds. The SMILES string of the molecule is NC(=NN(O)O)N(Cc1ccccc1)N=Cc1ccccc1. The first-order valence-corrected chi connectivity index (χ1v) is 6.57. The van der Waals surface area contributed by atoms with E-state index in [0.29, 0.717) is 6.54 Å². The van der Waals surface area contributed by atoms with Crippen LogP contribution in [0.25, 0.3) is 0 Å². The number of guanidine groups is 1. The van der Waals surface area contributed by atoms with Gasteiger partial charge >= 0.3 is 0 Å². The highest BCUT2D eigenvalue weighted by molar-refractivity contribution is 5.82. The average molecular weight is 299 g/mol. The van der Waals surface area contributed by atoms with Crippen molar-refractivity contribution >= 4 is 12.2 Å². The van der Waals surface area contributed by atoms with Crippen molar-refractivity contribution in [1.82, 2.24) is 10.3 Å². The lowest BCUT2D eigenvalue weighted by atomic mass is 10.2. The molecule has 0 saturated carbocycles. The minimum atomic E-state index is -0.342. The second-order valence-electron chi connectivity index (χ2n) is 4.43. The third-order valence-corrected chi connectivity index (χ3v) is 2.78. The van der Waals surface area contributed by atoms with Crippen molar-refractivity contribution in [2.45, 2.75) is 6.54 Å². The van der Waals surface area contributed by atoms with Crippen LogP contribution in [0.15, 0.2) is 70.9 Å². The molecule has 0 fully saturated rings. The summed E-state index contributed by atoms with van der Waals surface area (Å²) in [5.41, 5.74) is 7.57. The van der Waals surface area contributed by atoms with Crippen LogP contribution in [0.4, 0.5) is 0 Å². The fourth-order valence-electron chi connectivity index (χ4n) is 1.76. The molecule has 0 spiro atoms. The van der Waals surface area contributed by atoms with Crippen LogP contribution >= 0.6 is 0 Å². The number of rotatable bonds is 5. The van der Waals surface area contributed by atoms with Crippen LogP contribution in [0.2, 0.25) is 0 Å². The molecule has 0 bridgehead atoms. The van der Waals surface area contributed by atoms with Crippen molar-refractivity contribution in [3.8, 4) is 0 Å². The smallest absolute Gasteiger partial charge is 0.239 e. The Morgan fingerprint density at radius 3 is 2.18 bits per heavy atom. The van der Waals surface area contributed by atoms with E-state index in [1.54, 1.807) is 6.21 Å². The fourth-order valence-corrected chi connectivity index (χ4v) is 1.76. The molecule has 0 heterocycles. The maximum atomic E-state index is 8.77. The molecule has 0 aliphatic rings. The first-order chi connectivity index (χ1) is 10.6. The molecular formula is C15H17N5O2. The monoisotopic (exact) mass is 299 g/mol. The number of hydrogen-bond acceptors (Lipinski definition) is 5. The highest BCUT2D eigenvalue weighted by Gasteiger charge is 2.08. The lowest BCUT2D eigenvalue weighted by molar-refractivity contribution is -0.308. The summed E-state index contributed by atoms with van der Waals surface area (Å²) in [6, 6.07) is 19.0. The molecule has 0 aromatic heterocycles. The van der Waals surface area contributed by atoms with E-state index in [1.807, 2.05) is 60.7 Å². The van der Waals surface area contributed by atoms with Gasteiger partial charge in [0.25, 0.3) is 0 Å². The van der Waals surface area contributed by atoms with Crippen molar-refractivity contribution in [2.75, 3.05) is 0 Å². The summed E-state index contributed by atoms with van der Waals surface area (Å²) in [5.74, 6) is -0.152. The number of nitrogens with zero attached hydrogens (tertiary/aromatic N) is 4. The topological polar surface area (TPSA) is 97.7 Å². The Morgan fingerprint density at radius 1 is 1.00 bits per heavy atom. The average Bonchev–Trinajstić information content (AvgIpc) is 2.52. The van der Waals surface area contributed by atoms with Crippen LogP contribution in [0.5, 0.6) is 0 Å². The van der Waals surface area contributed by atoms with Crippen LogP contribution < -0.4 is 5.73 Å². The normalized spacial score (nSPS) is 11.6. The highest BCUT2D eigenvalue weighted by atomic mass is 16.8. The molecule has 2 aromatic rings. The molecule has 2 rings (SSSR count). The summed E-state index contributed by atoms with van der Waals surface area (Å²) in [6.07, 6.45) is 1.62. The van der Waals surface area contributed by atoms with E-state index < -0.39 is 0 Å². The first kappa shape index (κ1) is 15.5. The number of hydrazone groups is 2. The van der Waals surface area contributed by atoms with Gasteiger partial charge in [-0.1, -0.05) is 65.8 Å². The summed E-state index contributed by atoms with van der Waals surface area (Å²) in [6.45, 7) is 0.341. The third-order valence-electron chi connectivity index (χ3n) is 2.78.